The Bertz CT molecular complexity index is 454. The van der Waals surface area contributed by atoms with E-state index in [0.717, 1.165) is 11.3 Å². The fourth-order valence-corrected chi connectivity index (χ4v) is 1.61. The van der Waals surface area contributed by atoms with Crippen LogP contribution in [0.1, 0.15) is 11.3 Å². The average molecular weight is 238 g/mol. The number of aromatic hydroxyl groups is 1. The van der Waals surface area contributed by atoms with Gasteiger partial charge in [-0.1, -0.05) is 11.6 Å². The molecule has 1 heterocycles. The third-order valence-electron chi connectivity index (χ3n) is 2.22. The summed E-state index contributed by atoms with van der Waals surface area (Å²) >= 11 is 5.98. The predicted octanol–water partition coefficient (Wildman–Crippen LogP) is 2.93. The van der Waals surface area contributed by atoms with Gasteiger partial charge in [0.05, 0.1) is 12.8 Å². The van der Waals surface area contributed by atoms with Gasteiger partial charge in [-0.2, -0.15) is 0 Å². The van der Waals surface area contributed by atoms with Gasteiger partial charge in [0, 0.05) is 11.6 Å². The number of furan rings is 1. The molecule has 2 aromatic rings. The van der Waals surface area contributed by atoms with Gasteiger partial charge in [0.25, 0.3) is 0 Å². The lowest BCUT2D eigenvalue weighted by Gasteiger charge is -2.05. The van der Waals surface area contributed by atoms with Crippen LogP contribution in [0.25, 0.3) is 0 Å². The molecule has 0 saturated heterocycles. The molecule has 0 radical (unpaired) electrons. The molecule has 2 N–H and O–H groups in total. The largest absolute Gasteiger partial charge is 0.508 e. The summed E-state index contributed by atoms with van der Waals surface area (Å²) in [4.78, 5) is 0. The first kappa shape index (κ1) is 11.0. The summed E-state index contributed by atoms with van der Waals surface area (Å²) in [6.07, 6.45) is 1.64. The van der Waals surface area contributed by atoms with E-state index in [-0.39, 0.29) is 5.75 Å². The van der Waals surface area contributed by atoms with Crippen molar-refractivity contribution in [1.29, 1.82) is 0 Å². The van der Waals surface area contributed by atoms with Gasteiger partial charge in [-0.05, 0) is 35.9 Å². The smallest absolute Gasteiger partial charge is 0.117 e. The maximum absolute atomic E-state index is 9.32. The maximum atomic E-state index is 9.32. The van der Waals surface area contributed by atoms with Gasteiger partial charge in [-0.15, -0.1) is 0 Å². The molecule has 3 nitrogen and oxygen atoms in total. The van der Waals surface area contributed by atoms with Crippen LogP contribution in [-0.4, -0.2) is 5.11 Å². The number of nitrogens with one attached hydrogen (secondary N) is 1. The highest BCUT2D eigenvalue weighted by atomic mass is 35.5. The molecule has 4 heteroatoms. The molecule has 84 valence electrons. The summed E-state index contributed by atoms with van der Waals surface area (Å²) in [6, 6.07) is 8.64. The molecule has 0 saturated carbocycles. The van der Waals surface area contributed by atoms with Gasteiger partial charge in [-0.25, -0.2) is 0 Å². The highest BCUT2D eigenvalue weighted by Gasteiger charge is 2.02. The Hall–Kier alpha value is -1.45. The fraction of sp³-hybridized carbons (Fsp3) is 0.167. The molecule has 2 rings (SSSR count). The van der Waals surface area contributed by atoms with E-state index in [4.69, 9.17) is 16.0 Å². The first-order valence-corrected chi connectivity index (χ1v) is 5.34. The molecule has 0 aliphatic carbocycles. The quantitative estimate of drug-likeness (QED) is 0.860. The fourth-order valence-electron chi connectivity index (χ4n) is 1.43. The molecule has 1 aromatic heterocycles. The zero-order valence-electron chi connectivity index (χ0n) is 8.61. The van der Waals surface area contributed by atoms with Crippen LogP contribution in [0.3, 0.4) is 0 Å². The number of halogens is 1. The van der Waals surface area contributed by atoms with E-state index in [0.29, 0.717) is 18.1 Å². The van der Waals surface area contributed by atoms with Gasteiger partial charge in [0.15, 0.2) is 0 Å². The SMILES string of the molecule is Oc1ccc(Cl)c(CNCc2ccco2)c1. The molecule has 0 amide bonds. The summed E-state index contributed by atoms with van der Waals surface area (Å²) in [5.74, 6) is 1.09. The molecule has 16 heavy (non-hydrogen) atoms. The molecular weight excluding hydrogens is 226 g/mol. The van der Waals surface area contributed by atoms with Crippen molar-refractivity contribution in [2.75, 3.05) is 0 Å². The number of phenols is 1. The minimum Gasteiger partial charge on any atom is -0.508 e. The third kappa shape index (κ3) is 2.78. The Morgan fingerprint density at radius 3 is 2.88 bits per heavy atom. The minimum absolute atomic E-state index is 0.221. The van der Waals surface area contributed by atoms with E-state index >= 15 is 0 Å². The van der Waals surface area contributed by atoms with Crippen molar-refractivity contribution >= 4 is 11.6 Å². The molecule has 1 aromatic carbocycles. The van der Waals surface area contributed by atoms with Gasteiger partial charge in [0.1, 0.15) is 11.5 Å². The van der Waals surface area contributed by atoms with Crippen LogP contribution in [0.5, 0.6) is 5.75 Å². The maximum Gasteiger partial charge on any atom is 0.117 e. The van der Waals surface area contributed by atoms with Crippen molar-refractivity contribution in [2.45, 2.75) is 13.1 Å². The van der Waals surface area contributed by atoms with E-state index in [1.54, 1.807) is 24.5 Å². The van der Waals surface area contributed by atoms with Crippen molar-refractivity contribution in [3.8, 4) is 5.75 Å². The van der Waals surface area contributed by atoms with Crippen LogP contribution < -0.4 is 5.32 Å². The molecule has 0 spiro atoms. The van der Waals surface area contributed by atoms with E-state index in [1.165, 1.54) is 0 Å². The van der Waals surface area contributed by atoms with Crippen molar-refractivity contribution in [3.63, 3.8) is 0 Å². The van der Waals surface area contributed by atoms with Crippen LogP contribution in [-0.2, 0) is 13.1 Å². The third-order valence-corrected chi connectivity index (χ3v) is 2.59. The topological polar surface area (TPSA) is 45.4 Å². The van der Waals surface area contributed by atoms with Crippen LogP contribution >= 0.6 is 11.6 Å². The van der Waals surface area contributed by atoms with Gasteiger partial charge in [-0.3, -0.25) is 0 Å². The summed E-state index contributed by atoms with van der Waals surface area (Å²) in [5.41, 5.74) is 0.869. The van der Waals surface area contributed by atoms with E-state index < -0.39 is 0 Å². The number of benzene rings is 1. The Balaban J connectivity index is 1.92. The highest BCUT2D eigenvalue weighted by molar-refractivity contribution is 6.31. The second-order valence-electron chi connectivity index (χ2n) is 3.46. The van der Waals surface area contributed by atoms with E-state index in [2.05, 4.69) is 5.32 Å². The normalized spacial score (nSPS) is 10.6. The van der Waals surface area contributed by atoms with Gasteiger partial charge >= 0.3 is 0 Å². The van der Waals surface area contributed by atoms with Crippen LogP contribution in [0.4, 0.5) is 0 Å². The van der Waals surface area contributed by atoms with Crippen LogP contribution in [0.15, 0.2) is 41.0 Å². The van der Waals surface area contributed by atoms with E-state index in [9.17, 15) is 5.11 Å². The van der Waals surface area contributed by atoms with Gasteiger partial charge in [0.2, 0.25) is 0 Å². The molecular formula is C12H12ClNO2. The zero-order valence-corrected chi connectivity index (χ0v) is 9.37. The molecule has 0 bridgehead atoms. The number of phenolic OH excluding ortho intramolecular Hbond substituents is 1. The average Bonchev–Trinajstić information content (AvgIpc) is 2.76. The molecule has 0 fully saturated rings. The number of hydrogen-bond donors (Lipinski definition) is 2. The molecule has 0 atom stereocenters. The van der Waals surface area contributed by atoms with Crippen LogP contribution in [0.2, 0.25) is 5.02 Å². The Labute approximate surface area is 98.7 Å². The van der Waals surface area contributed by atoms with Crippen molar-refractivity contribution < 1.29 is 9.52 Å². The molecule has 0 aliphatic heterocycles. The monoisotopic (exact) mass is 237 g/mol. The Kier molecular flexibility index (Phi) is 3.49. The number of rotatable bonds is 4. The molecule has 0 aliphatic rings. The summed E-state index contributed by atoms with van der Waals surface area (Å²) in [6.45, 7) is 1.23. The first-order valence-electron chi connectivity index (χ1n) is 4.96. The Morgan fingerprint density at radius 2 is 2.12 bits per heavy atom. The Morgan fingerprint density at radius 1 is 1.25 bits per heavy atom. The summed E-state index contributed by atoms with van der Waals surface area (Å²) in [5, 5.41) is 13.1. The summed E-state index contributed by atoms with van der Waals surface area (Å²) < 4.78 is 5.18. The van der Waals surface area contributed by atoms with Gasteiger partial charge < -0.3 is 14.8 Å². The molecule has 0 unspecified atom stereocenters. The van der Waals surface area contributed by atoms with Crippen molar-refractivity contribution in [3.05, 3.63) is 52.9 Å². The summed E-state index contributed by atoms with van der Waals surface area (Å²) in [7, 11) is 0. The standard InChI is InChI=1S/C12H12ClNO2/c13-12-4-3-10(15)6-9(12)7-14-8-11-2-1-5-16-11/h1-6,14-15H,7-8H2. The zero-order chi connectivity index (χ0) is 11.4. The van der Waals surface area contributed by atoms with Crippen molar-refractivity contribution in [2.24, 2.45) is 0 Å². The van der Waals surface area contributed by atoms with E-state index in [1.807, 2.05) is 12.1 Å². The predicted molar refractivity (Wildman–Crippen MR) is 62.4 cm³/mol. The lowest BCUT2D eigenvalue weighted by Crippen LogP contribution is -2.12. The second kappa shape index (κ2) is 5.05. The van der Waals surface area contributed by atoms with Crippen molar-refractivity contribution in [1.82, 2.24) is 5.32 Å². The number of hydrogen-bond acceptors (Lipinski definition) is 3. The first-order chi connectivity index (χ1) is 7.75. The second-order valence-corrected chi connectivity index (χ2v) is 3.87. The lowest BCUT2D eigenvalue weighted by atomic mass is 10.2. The van der Waals surface area contributed by atoms with Crippen LogP contribution in [0, 0.1) is 0 Å². The minimum atomic E-state index is 0.221. The highest BCUT2D eigenvalue weighted by Crippen LogP contribution is 2.20. The lowest BCUT2D eigenvalue weighted by molar-refractivity contribution is 0.472.